The normalized spacial score (nSPS) is 12.2. The molecule has 1 atom stereocenters. The predicted octanol–water partition coefficient (Wildman–Crippen LogP) is 2.35. The van der Waals surface area contributed by atoms with E-state index in [1.807, 2.05) is 6.92 Å². The van der Waals surface area contributed by atoms with Crippen LogP contribution < -0.4 is 0 Å². The first-order valence-corrected chi connectivity index (χ1v) is 4.18. The first kappa shape index (κ1) is 10.2. The van der Waals surface area contributed by atoms with Gasteiger partial charge in [0.2, 0.25) is 5.76 Å². The molecule has 0 aliphatic heterocycles. The summed E-state index contributed by atoms with van der Waals surface area (Å²) < 4.78 is 0. The molecule has 0 aromatic carbocycles. The highest BCUT2D eigenvalue weighted by molar-refractivity contribution is 5.49. The van der Waals surface area contributed by atoms with Gasteiger partial charge in [0.15, 0.2) is 5.94 Å². The Labute approximate surface area is 67.9 Å². The minimum atomic E-state index is -0.360. The lowest BCUT2D eigenvalue weighted by Gasteiger charge is -2.07. The van der Waals surface area contributed by atoms with Crippen molar-refractivity contribution < 1.29 is 9.90 Å². The second-order valence-corrected chi connectivity index (χ2v) is 2.71. The Morgan fingerprint density at radius 3 is 2.45 bits per heavy atom. The van der Waals surface area contributed by atoms with Crippen LogP contribution >= 0.6 is 0 Å². The Kier molecular flexibility index (Phi) is 5.58. The maximum atomic E-state index is 10.8. The second kappa shape index (κ2) is 5.99. The van der Waals surface area contributed by atoms with Gasteiger partial charge in [-0.3, -0.25) is 5.11 Å². The number of hydrogen-bond donors (Lipinski definition) is 0. The summed E-state index contributed by atoms with van der Waals surface area (Å²) in [7, 11) is 0. The molecule has 0 N–H and O–H groups in total. The summed E-state index contributed by atoms with van der Waals surface area (Å²) in [5.41, 5.74) is 0. The molecule has 0 aromatic heterocycles. The van der Waals surface area contributed by atoms with Crippen molar-refractivity contribution in [1.82, 2.24) is 0 Å². The molecule has 0 rings (SSSR count). The maximum absolute atomic E-state index is 10.8. The molecule has 0 fully saturated rings. The second-order valence-electron chi connectivity index (χ2n) is 2.71. The number of carbonyl (C=O) groups excluding carboxylic acids is 1. The van der Waals surface area contributed by atoms with Gasteiger partial charge in [0, 0.05) is 5.92 Å². The quantitative estimate of drug-likeness (QED) is 0.443. The number of rotatable bonds is 5. The molecule has 11 heavy (non-hydrogen) atoms. The van der Waals surface area contributed by atoms with E-state index in [0.717, 1.165) is 25.7 Å². The first-order valence-electron chi connectivity index (χ1n) is 4.18. The van der Waals surface area contributed by atoms with Gasteiger partial charge in [-0.1, -0.05) is 26.7 Å². The highest BCUT2D eigenvalue weighted by Crippen LogP contribution is 2.17. The average Bonchev–Trinajstić information content (AvgIpc) is 2.05. The molecule has 0 bridgehead atoms. The van der Waals surface area contributed by atoms with Crippen LogP contribution in [0, 0.1) is 5.92 Å². The molecular weight excluding hydrogens is 140 g/mol. The van der Waals surface area contributed by atoms with E-state index in [4.69, 9.17) is 0 Å². The van der Waals surface area contributed by atoms with Crippen molar-refractivity contribution in [2.45, 2.75) is 39.5 Å². The standard InChI is InChI=1S/C9H15O2/c1-3-5-6-8(4-2)9(11)7-10/h8H,3-6H2,1-2H3. The van der Waals surface area contributed by atoms with Gasteiger partial charge in [-0.25, -0.2) is 4.79 Å². The summed E-state index contributed by atoms with van der Waals surface area (Å²) in [6.45, 7) is 4.00. The third-order valence-electron chi connectivity index (χ3n) is 1.87. The Hall–Kier alpha value is -0.750. The molecule has 0 aromatic rings. The molecule has 0 aliphatic carbocycles. The van der Waals surface area contributed by atoms with Crippen molar-refractivity contribution in [3.05, 3.63) is 5.76 Å². The molecule has 63 valence electrons. The van der Waals surface area contributed by atoms with Crippen LogP contribution in [-0.2, 0) is 9.90 Å². The van der Waals surface area contributed by atoms with Crippen LogP contribution in [0.2, 0.25) is 0 Å². The zero-order chi connectivity index (χ0) is 8.69. The van der Waals surface area contributed by atoms with Gasteiger partial charge < -0.3 is 0 Å². The van der Waals surface area contributed by atoms with E-state index < -0.39 is 0 Å². The van der Waals surface area contributed by atoms with Gasteiger partial charge in [-0.2, -0.15) is 0 Å². The van der Waals surface area contributed by atoms with E-state index in [1.54, 1.807) is 0 Å². The van der Waals surface area contributed by atoms with Gasteiger partial charge in [0.25, 0.3) is 0 Å². The molecule has 2 nitrogen and oxygen atoms in total. The summed E-state index contributed by atoms with van der Waals surface area (Å²) in [4.78, 5) is 9.99. The fourth-order valence-corrected chi connectivity index (χ4v) is 1.05. The fraction of sp³-hybridized carbons (Fsp3) is 0.778. The molecule has 1 unspecified atom stereocenters. The highest BCUT2D eigenvalue weighted by Gasteiger charge is 2.13. The van der Waals surface area contributed by atoms with E-state index in [1.165, 1.54) is 5.94 Å². The number of allylic oxidation sites excluding steroid dienone is 1. The molecule has 0 heterocycles. The Balaban J connectivity index is 3.85. The monoisotopic (exact) mass is 155 g/mol. The third kappa shape index (κ3) is 3.84. The SMILES string of the molecule is CCCCC(CC)C([O])=C=O. The van der Waals surface area contributed by atoms with Crippen molar-refractivity contribution in [3.8, 4) is 0 Å². The predicted molar refractivity (Wildman–Crippen MR) is 43.2 cm³/mol. The Morgan fingerprint density at radius 2 is 2.09 bits per heavy atom. The summed E-state index contributed by atoms with van der Waals surface area (Å²) >= 11 is 0. The van der Waals surface area contributed by atoms with Crippen molar-refractivity contribution in [2.75, 3.05) is 0 Å². The molecule has 1 radical (unpaired) electrons. The number of unbranched alkanes of at least 4 members (excludes halogenated alkanes) is 1. The summed E-state index contributed by atoms with van der Waals surface area (Å²) in [6.07, 6.45) is 3.68. The Morgan fingerprint density at radius 1 is 1.45 bits per heavy atom. The largest absolute Gasteiger partial charge is 0.282 e. The van der Waals surface area contributed by atoms with Crippen LogP contribution in [0.5, 0.6) is 0 Å². The van der Waals surface area contributed by atoms with E-state index in [9.17, 15) is 9.90 Å². The molecule has 0 saturated heterocycles. The van der Waals surface area contributed by atoms with Crippen molar-refractivity contribution in [1.29, 1.82) is 0 Å². The van der Waals surface area contributed by atoms with E-state index in [-0.39, 0.29) is 11.7 Å². The smallest absolute Gasteiger partial charge is 0.241 e. The highest BCUT2D eigenvalue weighted by atomic mass is 16.3. The molecular formula is C9H15O2. The lowest BCUT2D eigenvalue weighted by Crippen LogP contribution is -2.01. The molecule has 0 spiro atoms. The van der Waals surface area contributed by atoms with Crippen LogP contribution in [0.25, 0.3) is 0 Å². The Bertz CT molecular complexity index is 146. The van der Waals surface area contributed by atoms with Gasteiger partial charge in [-0.15, -0.1) is 0 Å². The van der Waals surface area contributed by atoms with Crippen molar-refractivity contribution in [2.24, 2.45) is 5.92 Å². The van der Waals surface area contributed by atoms with E-state index >= 15 is 0 Å². The first-order chi connectivity index (χ1) is 5.26. The van der Waals surface area contributed by atoms with E-state index in [2.05, 4.69) is 6.92 Å². The van der Waals surface area contributed by atoms with E-state index in [0.29, 0.717) is 0 Å². The molecule has 0 saturated carbocycles. The average molecular weight is 155 g/mol. The summed E-state index contributed by atoms with van der Waals surface area (Å²) in [5.74, 6) is 0.999. The van der Waals surface area contributed by atoms with Gasteiger partial charge in [0.05, 0.1) is 0 Å². The summed E-state index contributed by atoms with van der Waals surface area (Å²) in [5, 5.41) is 10.8. The fourth-order valence-electron chi connectivity index (χ4n) is 1.05. The molecule has 0 aliphatic rings. The lowest BCUT2D eigenvalue weighted by molar-refractivity contribution is 0.233. The van der Waals surface area contributed by atoms with Gasteiger partial charge in [0.1, 0.15) is 0 Å². The van der Waals surface area contributed by atoms with Crippen molar-refractivity contribution in [3.63, 3.8) is 0 Å². The maximum Gasteiger partial charge on any atom is 0.241 e. The van der Waals surface area contributed by atoms with Gasteiger partial charge >= 0.3 is 0 Å². The minimum Gasteiger partial charge on any atom is -0.282 e. The van der Waals surface area contributed by atoms with Crippen molar-refractivity contribution >= 4 is 5.94 Å². The third-order valence-corrected chi connectivity index (χ3v) is 1.87. The summed E-state index contributed by atoms with van der Waals surface area (Å²) in [6, 6.07) is 0. The zero-order valence-corrected chi connectivity index (χ0v) is 7.22. The van der Waals surface area contributed by atoms with Crippen LogP contribution in [0.4, 0.5) is 0 Å². The minimum absolute atomic E-state index is 0.0764. The lowest BCUT2D eigenvalue weighted by atomic mass is 9.98. The van der Waals surface area contributed by atoms with Crippen LogP contribution in [0.1, 0.15) is 39.5 Å². The topological polar surface area (TPSA) is 37.0 Å². The van der Waals surface area contributed by atoms with Crippen LogP contribution in [-0.4, -0.2) is 5.94 Å². The van der Waals surface area contributed by atoms with Crippen LogP contribution in [0.3, 0.4) is 0 Å². The van der Waals surface area contributed by atoms with Crippen LogP contribution in [0.15, 0.2) is 5.76 Å². The molecule has 0 amide bonds. The number of hydrogen-bond acceptors (Lipinski definition) is 1. The van der Waals surface area contributed by atoms with Gasteiger partial charge in [-0.05, 0) is 12.8 Å². The zero-order valence-electron chi connectivity index (χ0n) is 7.22. The molecule has 2 heteroatoms.